The van der Waals surface area contributed by atoms with Crippen LogP contribution >= 0.6 is 15.8 Å². The van der Waals surface area contributed by atoms with Crippen LogP contribution < -0.4 is 31.8 Å². The zero-order chi connectivity index (χ0) is 38.9. The van der Waals surface area contributed by atoms with Crippen molar-refractivity contribution in [2.24, 2.45) is 10.8 Å². The Hall–Kier alpha value is -4.86. The van der Waals surface area contributed by atoms with Crippen LogP contribution in [0.5, 0.6) is 0 Å². The lowest BCUT2D eigenvalue weighted by molar-refractivity contribution is 0.412. The number of benzene rings is 8. The van der Waals surface area contributed by atoms with Crippen molar-refractivity contribution < 1.29 is 0 Å². The van der Waals surface area contributed by atoms with Crippen molar-refractivity contribution in [3.05, 3.63) is 193 Å². The molecular weight excluding hydrogens is 711 g/mol. The summed E-state index contributed by atoms with van der Waals surface area (Å²) in [5, 5.41) is 13.8. The van der Waals surface area contributed by atoms with Crippen molar-refractivity contribution >= 4 is 69.2 Å². The fourth-order valence-electron chi connectivity index (χ4n) is 8.34. The third kappa shape index (κ3) is 8.02. The number of rotatable bonds is 9. The highest BCUT2D eigenvalue weighted by Crippen LogP contribution is 2.48. The molecule has 0 saturated carbocycles. The lowest BCUT2D eigenvalue weighted by Crippen LogP contribution is -2.31. The molecule has 278 valence electrons. The van der Waals surface area contributed by atoms with E-state index in [1.54, 1.807) is 0 Å². The normalized spacial score (nSPS) is 12.2. The first-order valence-electron chi connectivity index (χ1n) is 20.0. The van der Waals surface area contributed by atoms with Gasteiger partial charge in [0.1, 0.15) is 0 Å². The average Bonchev–Trinajstić information content (AvgIpc) is 3.19. The summed E-state index contributed by atoms with van der Waals surface area (Å²) >= 11 is 0. The van der Waals surface area contributed by atoms with Gasteiger partial charge in [-0.25, -0.2) is 0 Å². The van der Waals surface area contributed by atoms with Crippen LogP contribution in [-0.2, 0) is 12.8 Å². The fourth-order valence-corrected chi connectivity index (χ4v) is 13.6. The van der Waals surface area contributed by atoms with E-state index in [0.29, 0.717) is 0 Å². The van der Waals surface area contributed by atoms with Gasteiger partial charge in [-0.15, -0.1) is 0 Å². The van der Waals surface area contributed by atoms with Gasteiger partial charge in [-0.3, -0.25) is 0 Å². The van der Waals surface area contributed by atoms with Crippen LogP contribution in [-0.4, -0.2) is 0 Å². The smallest absolute Gasteiger partial charge is 0.000595 e. The molecule has 0 nitrogen and oxygen atoms in total. The fraction of sp³-hybridized carbons (Fsp3) is 0.185. The molecule has 0 spiro atoms. The highest BCUT2D eigenvalue weighted by Gasteiger charge is 2.33. The maximum absolute atomic E-state index is 2.54. The van der Waals surface area contributed by atoms with E-state index in [-0.39, 0.29) is 10.8 Å². The van der Waals surface area contributed by atoms with Gasteiger partial charge < -0.3 is 0 Å². The van der Waals surface area contributed by atoms with Crippen LogP contribution in [0, 0.1) is 10.8 Å². The Morgan fingerprint density at radius 1 is 0.339 bits per heavy atom. The zero-order valence-corrected chi connectivity index (χ0v) is 35.4. The highest BCUT2D eigenvalue weighted by molar-refractivity contribution is 7.81. The SMILES string of the molecule is CC(C)(C)Cc1cc2ccccc2c(-c2c(P(c3ccccc3)c3ccccc3)c(CC(C)(C)C)cc3ccccc23)c1P(c1ccccc1)c1ccccc1. The molecule has 0 aliphatic heterocycles. The topological polar surface area (TPSA) is 0 Å². The van der Waals surface area contributed by atoms with Crippen LogP contribution in [0.3, 0.4) is 0 Å². The maximum Gasteiger partial charge on any atom is -0.000595 e. The Morgan fingerprint density at radius 2 is 0.607 bits per heavy atom. The highest BCUT2D eigenvalue weighted by atomic mass is 31.1. The Balaban J connectivity index is 1.64. The van der Waals surface area contributed by atoms with Crippen LogP contribution in [0.2, 0.25) is 0 Å². The minimum atomic E-state index is -0.962. The van der Waals surface area contributed by atoms with Crippen molar-refractivity contribution in [1.82, 2.24) is 0 Å². The molecule has 8 aromatic carbocycles. The van der Waals surface area contributed by atoms with Gasteiger partial charge in [0.2, 0.25) is 0 Å². The molecule has 56 heavy (non-hydrogen) atoms. The van der Waals surface area contributed by atoms with Crippen molar-refractivity contribution in [1.29, 1.82) is 0 Å². The molecule has 2 heteroatoms. The molecule has 0 aliphatic carbocycles. The van der Waals surface area contributed by atoms with Crippen molar-refractivity contribution in [2.45, 2.75) is 54.4 Å². The molecule has 0 saturated heterocycles. The molecular formula is C54H52P2. The van der Waals surface area contributed by atoms with Gasteiger partial charge in [-0.05, 0) is 115 Å². The van der Waals surface area contributed by atoms with Crippen molar-refractivity contribution in [3.8, 4) is 11.1 Å². The molecule has 0 aromatic heterocycles. The Morgan fingerprint density at radius 3 is 0.893 bits per heavy atom. The summed E-state index contributed by atoms with van der Waals surface area (Å²) in [6, 6.07) is 69.0. The standard InChI is InChI=1S/C54H52P2/c1-53(2,3)37-41-35-39-23-19-21-33-47(39)49(51(41)55(43-25-11-7-12-26-43)44-27-13-8-14-28-44)50-48-34-22-20-24-40(48)36-42(38-54(4,5)6)52(50)56(45-29-15-9-16-30-45)46-31-17-10-18-32-46/h7-36H,37-38H2,1-6H3. The lowest BCUT2D eigenvalue weighted by atomic mass is 9.83. The summed E-state index contributed by atoms with van der Waals surface area (Å²) in [5.41, 5.74) is 5.85. The first kappa shape index (κ1) is 38.0. The van der Waals surface area contributed by atoms with E-state index < -0.39 is 15.8 Å². The van der Waals surface area contributed by atoms with Gasteiger partial charge >= 0.3 is 0 Å². The van der Waals surface area contributed by atoms with E-state index in [9.17, 15) is 0 Å². The average molecular weight is 763 g/mol. The lowest BCUT2D eigenvalue weighted by Gasteiger charge is -2.33. The van der Waals surface area contributed by atoms with E-state index in [2.05, 4.69) is 224 Å². The Labute approximate surface area is 337 Å². The summed E-state index contributed by atoms with van der Waals surface area (Å²) < 4.78 is 0. The molecule has 8 aromatic rings. The molecule has 0 amide bonds. The Kier molecular flexibility index (Phi) is 10.8. The van der Waals surface area contributed by atoms with E-state index in [4.69, 9.17) is 0 Å². The number of hydrogen-bond donors (Lipinski definition) is 0. The summed E-state index contributed by atoms with van der Waals surface area (Å²) in [6.07, 6.45) is 1.94. The second kappa shape index (κ2) is 15.9. The summed E-state index contributed by atoms with van der Waals surface area (Å²) in [7, 11) is -1.92. The number of fused-ring (bicyclic) bond motifs is 2. The van der Waals surface area contributed by atoms with Gasteiger partial charge in [0.25, 0.3) is 0 Å². The van der Waals surface area contributed by atoms with Gasteiger partial charge in [0, 0.05) is 0 Å². The molecule has 0 atom stereocenters. The van der Waals surface area contributed by atoms with Crippen molar-refractivity contribution in [2.75, 3.05) is 0 Å². The Bertz CT molecular complexity index is 2320. The molecule has 8 rings (SSSR count). The molecule has 0 N–H and O–H groups in total. The van der Waals surface area contributed by atoms with Gasteiger partial charge in [-0.1, -0.05) is 224 Å². The second-order valence-corrected chi connectivity index (χ2v) is 21.8. The van der Waals surface area contributed by atoms with Gasteiger partial charge in [0.05, 0.1) is 0 Å². The summed E-state index contributed by atoms with van der Waals surface area (Å²) in [4.78, 5) is 0. The summed E-state index contributed by atoms with van der Waals surface area (Å²) in [6.45, 7) is 14.4. The first-order valence-corrected chi connectivity index (χ1v) is 22.6. The van der Waals surface area contributed by atoms with E-state index in [1.165, 1.54) is 75.6 Å². The molecule has 0 radical (unpaired) electrons. The predicted molar refractivity (Wildman–Crippen MR) is 251 cm³/mol. The maximum atomic E-state index is 2.54. The third-order valence-corrected chi connectivity index (χ3v) is 15.6. The van der Waals surface area contributed by atoms with E-state index in [0.717, 1.165) is 12.8 Å². The van der Waals surface area contributed by atoms with Crippen molar-refractivity contribution in [3.63, 3.8) is 0 Å². The molecule has 0 aliphatic rings. The monoisotopic (exact) mass is 762 g/mol. The summed E-state index contributed by atoms with van der Waals surface area (Å²) in [5.74, 6) is 0. The molecule has 0 unspecified atom stereocenters. The van der Waals surface area contributed by atoms with Crippen LogP contribution in [0.1, 0.15) is 52.7 Å². The van der Waals surface area contributed by atoms with Crippen LogP contribution in [0.4, 0.5) is 0 Å². The molecule has 0 fully saturated rings. The minimum Gasteiger partial charge on any atom is -0.0622 e. The number of hydrogen-bond acceptors (Lipinski definition) is 0. The van der Waals surface area contributed by atoms with E-state index >= 15 is 0 Å². The predicted octanol–water partition coefficient (Wildman–Crippen LogP) is 12.4. The quantitative estimate of drug-likeness (QED) is 0.129. The van der Waals surface area contributed by atoms with Crippen LogP contribution in [0.15, 0.2) is 182 Å². The minimum absolute atomic E-state index is 0.0720. The van der Waals surface area contributed by atoms with Gasteiger partial charge in [0.15, 0.2) is 0 Å². The largest absolute Gasteiger partial charge is 0.0622 e. The third-order valence-electron chi connectivity index (χ3n) is 10.4. The molecule has 0 heterocycles. The van der Waals surface area contributed by atoms with Crippen LogP contribution in [0.25, 0.3) is 32.7 Å². The van der Waals surface area contributed by atoms with Gasteiger partial charge in [-0.2, -0.15) is 0 Å². The van der Waals surface area contributed by atoms with E-state index in [1.807, 2.05) is 0 Å². The second-order valence-electron chi connectivity index (χ2n) is 17.4. The first-order chi connectivity index (χ1) is 27.1. The molecule has 0 bridgehead atoms. The zero-order valence-electron chi connectivity index (χ0n) is 33.6.